The van der Waals surface area contributed by atoms with Gasteiger partial charge in [0.05, 0.1) is 18.5 Å². The number of rotatable bonds is 6. The smallest absolute Gasteiger partial charge is 0.400 e. The van der Waals surface area contributed by atoms with E-state index in [4.69, 9.17) is 4.42 Å². The van der Waals surface area contributed by atoms with Crippen molar-refractivity contribution in [2.45, 2.75) is 0 Å². The molecule has 130 valence electrons. The van der Waals surface area contributed by atoms with Gasteiger partial charge < -0.3 is 9.32 Å². The van der Waals surface area contributed by atoms with Crippen molar-refractivity contribution in [2.75, 3.05) is 19.0 Å². The van der Waals surface area contributed by atoms with Crippen molar-refractivity contribution < 1.29 is 14.1 Å². The molecule has 0 aliphatic rings. The fraction of sp³-hybridized carbons (Fsp3) is 0.133. The second-order valence-electron chi connectivity index (χ2n) is 4.99. The largest absolute Gasteiger partial charge is 0.433 e. The number of hydrogen-bond donors (Lipinski definition) is 2. The number of benzene rings is 1. The van der Waals surface area contributed by atoms with E-state index in [1.165, 1.54) is 18.3 Å². The lowest BCUT2D eigenvalue weighted by Crippen LogP contribution is -2.28. The highest BCUT2D eigenvalue weighted by atomic mass is 16.6. The first-order valence-electron chi connectivity index (χ1n) is 7.09. The fourth-order valence-electron chi connectivity index (χ4n) is 1.71. The molecular weight excluding hydrogens is 328 g/mol. The third-order valence-corrected chi connectivity index (χ3v) is 2.94. The Morgan fingerprint density at radius 1 is 1.12 bits per heavy atom. The molecule has 2 aromatic rings. The quantitative estimate of drug-likeness (QED) is 0.470. The summed E-state index contributed by atoms with van der Waals surface area (Å²) in [6, 6.07) is 9.45. The van der Waals surface area contributed by atoms with Gasteiger partial charge in [-0.25, -0.2) is 15.6 Å². The lowest BCUT2D eigenvalue weighted by molar-refractivity contribution is -0.402. The molecular formula is C15H16N6O4. The normalized spacial score (nSPS) is 11.0. The molecule has 1 aromatic carbocycles. The Morgan fingerprint density at radius 3 is 2.32 bits per heavy atom. The first-order valence-corrected chi connectivity index (χ1v) is 7.09. The van der Waals surface area contributed by atoms with Gasteiger partial charge in [0.25, 0.3) is 0 Å². The maximum absolute atomic E-state index is 11.5. The van der Waals surface area contributed by atoms with E-state index in [-0.39, 0.29) is 5.76 Å². The number of hydrazone groups is 2. The van der Waals surface area contributed by atoms with Crippen LogP contribution in [-0.4, -0.2) is 37.5 Å². The second kappa shape index (κ2) is 8.24. The molecule has 0 saturated heterocycles. The zero-order chi connectivity index (χ0) is 18.2. The van der Waals surface area contributed by atoms with Gasteiger partial charge in [-0.3, -0.25) is 10.1 Å². The van der Waals surface area contributed by atoms with Gasteiger partial charge >= 0.3 is 11.9 Å². The average Bonchev–Trinajstić information content (AvgIpc) is 3.04. The monoisotopic (exact) mass is 344 g/mol. The van der Waals surface area contributed by atoms with Crippen LogP contribution in [0.15, 0.2) is 51.0 Å². The van der Waals surface area contributed by atoms with Crippen LogP contribution in [0.5, 0.6) is 0 Å². The number of nitrogens with zero attached hydrogens (tertiary/aromatic N) is 4. The molecule has 10 nitrogen and oxygen atoms in total. The van der Waals surface area contributed by atoms with E-state index in [1.54, 1.807) is 0 Å². The highest BCUT2D eigenvalue weighted by Gasteiger charge is 2.10. The number of furan rings is 1. The number of carbonyl (C=O) groups is 1. The number of amides is 2. The summed E-state index contributed by atoms with van der Waals surface area (Å²) in [6.07, 6.45) is 2.62. The van der Waals surface area contributed by atoms with E-state index in [0.717, 1.165) is 17.5 Å². The van der Waals surface area contributed by atoms with E-state index in [0.29, 0.717) is 0 Å². The summed E-state index contributed by atoms with van der Waals surface area (Å²) in [5, 5.41) is 17.8. The van der Waals surface area contributed by atoms with Crippen LogP contribution in [0.3, 0.4) is 0 Å². The van der Waals surface area contributed by atoms with Crippen LogP contribution < -0.4 is 15.8 Å². The lowest BCUT2D eigenvalue weighted by Gasteiger charge is -2.11. The van der Waals surface area contributed by atoms with Crippen molar-refractivity contribution in [1.29, 1.82) is 0 Å². The van der Waals surface area contributed by atoms with Gasteiger partial charge in [0, 0.05) is 19.8 Å². The summed E-state index contributed by atoms with van der Waals surface area (Å²) in [4.78, 5) is 23.2. The molecule has 0 aliphatic heterocycles. The summed E-state index contributed by atoms with van der Waals surface area (Å²) in [7, 11) is 3.88. The number of carbonyl (C=O) groups excluding carboxylic acids is 1. The molecule has 0 unspecified atom stereocenters. The van der Waals surface area contributed by atoms with Crippen LogP contribution >= 0.6 is 0 Å². The third-order valence-electron chi connectivity index (χ3n) is 2.94. The standard InChI is InChI=1S/C15H16N6O4/c1-20(2)12-5-3-11(4-6-12)9-16-18-15(22)19-17-10-13-7-8-14(25-13)21(23)24/h3-10H,1-2H3,(H2,18,19,22)/b16-9-,17-10-. The molecule has 2 rings (SSSR count). The first-order chi connectivity index (χ1) is 12.0. The second-order valence-corrected chi connectivity index (χ2v) is 4.99. The highest BCUT2D eigenvalue weighted by molar-refractivity contribution is 5.83. The Morgan fingerprint density at radius 2 is 1.76 bits per heavy atom. The predicted molar refractivity (Wildman–Crippen MR) is 93.0 cm³/mol. The zero-order valence-electron chi connectivity index (χ0n) is 13.5. The summed E-state index contributed by atoms with van der Waals surface area (Å²) in [5.74, 6) is -0.271. The van der Waals surface area contributed by atoms with E-state index in [1.807, 2.05) is 43.3 Å². The molecule has 0 spiro atoms. The SMILES string of the molecule is CN(C)c1ccc(/C=N\NC(=O)N/N=C\c2ccc([N+](=O)[O-])o2)cc1. The maximum atomic E-state index is 11.5. The molecule has 2 amide bonds. The molecule has 0 atom stereocenters. The van der Waals surface area contributed by atoms with Crippen molar-refractivity contribution in [2.24, 2.45) is 10.2 Å². The van der Waals surface area contributed by atoms with Gasteiger partial charge in [0.15, 0.2) is 5.76 Å². The van der Waals surface area contributed by atoms with Crippen molar-refractivity contribution in [3.05, 3.63) is 57.8 Å². The van der Waals surface area contributed by atoms with Gasteiger partial charge in [-0.05, 0) is 23.8 Å². The fourth-order valence-corrected chi connectivity index (χ4v) is 1.71. The van der Waals surface area contributed by atoms with Crippen LogP contribution in [0.1, 0.15) is 11.3 Å². The van der Waals surface area contributed by atoms with Gasteiger partial charge in [0.2, 0.25) is 0 Å². The summed E-state index contributed by atoms with van der Waals surface area (Å²) < 4.78 is 4.84. The van der Waals surface area contributed by atoms with Crippen LogP contribution in [0, 0.1) is 10.1 Å². The van der Waals surface area contributed by atoms with Crippen LogP contribution in [-0.2, 0) is 0 Å². The van der Waals surface area contributed by atoms with Crippen molar-refractivity contribution >= 4 is 30.0 Å². The third kappa shape index (κ3) is 5.46. The minimum atomic E-state index is -0.669. The minimum absolute atomic E-state index is 0.136. The molecule has 1 aromatic heterocycles. The maximum Gasteiger partial charge on any atom is 0.433 e. The van der Waals surface area contributed by atoms with Crippen LogP contribution in [0.4, 0.5) is 16.4 Å². The molecule has 0 bridgehead atoms. The Balaban J connectivity index is 1.79. The Kier molecular flexibility index (Phi) is 5.82. The molecule has 0 fully saturated rings. The Bertz CT molecular complexity index is 795. The summed E-state index contributed by atoms with van der Waals surface area (Å²) in [6.45, 7) is 0. The van der Waals surface area contributed by atoms with Gasteiger partial charge in [-0.15, -0.1) is 0 Å². The summed E-state index contributed by atoms with van der Waals surface area (Å²) in [5.41, 5.74) is 6.25. The van der Waals surface area contributed by atoms with Gasteiger partial charge in [-0.1, -0.05) is 12.1 Å². The molecule has 10 heteroatoms. The number of urea groups is 1. The zero-order valence-corrected chi connectivity index (χ0v) is 13.5. The number of nitro groups is 1. The molecule has 2 N–H and O–H groups in total. The Hall–Kier alpha value is -3.69. The van der Waals surface area contributed by atoms with E-state index >= 15 is 0 Å². The van der Waals surface area contributed by atoms with E-state index < -0.39 is 16.8 Å². The van der Waals surface area contributed by atoms with Gasteiger partial charge in [0.1, 0.15) is 4.92 Å². The molecule has 1 heterocycles. The topological polar surface area (TPSA) is 125 Å². The van der Waals surface area contributed by atoms with Crippen molar-refractivity contribution in [3.8, 4) is 0 Å². The Labute approximate surface area is 143 Å². The molecule has 0 radical (unpaired) electrons. The van der Waals surface area contributed by atoms with E-state index in [9.17, 15) is 14.9 Å². The number of hydrogen-bond acceptors (Lipinski definition) is 7. The first kappa shape index (κ1) is 17.7. The van der Waals surface area contributed by atoms with Crippen molar-refractivity contribution in [3.63, 3.8) is 0 Å². The predicted octanol–water partition coefficient (Wildman–Crippen LogP) is 1.92. The van der Waals surface area contributed by atoms with Crippen molar-refractivity contribution in [1.82, 2.24) is 10.9 Å². The van der Waals surface area contributed by atoms with Gasteiger partial charge in [-0.2, -0.15) is 10.2 Å². The van der Waals surface area contributed by atoms with Crippen LogP contribution in [0.25, 0.3) is 0 Å². The molecule has 0 saturated carbocycles. The number of anilines is 1. The van der Waals surface area contributed by atoms with E-state index in [2.05, 4.69) is 21.1 Å². The average molecular weight is 344 g/mol. The number of nitrogens with one attached hydrogen (secondary N) is 2. The molecule has 0 aliphatic carbocycles. The molecule has 25 heavy (non-hydrogen) atoms. The summed E-state index contributed by atoms with van der Waals surface area (Å²) >= 11 is 0. The van der Waals surface area contributed by atoms with Crippen LogP contribution in [0.2, 0.25) is 0 Å². The highest BCUT2D eigenvalue weighted by Crippen LogP contribution is 2.13. The minimum Gasteiger partial charge on any atom is -0.400 e. The lowest BCUT2D eigenvalue weighted by atomic mass is 10.2.